The molecular formula is C28H32N2O4S. The van der Waals surface area contributed by atoms with E-state index in [0.29, 0.717) is 17.2 Å². The minimum absolute atomic E-state index is 0.236. The van der Waals surface area contributed by atoms with Crippen LogP contribution in [-0.4, -0.2) is 26.6 Å². The number of hydrogen-bond acceptors (Lipinski definition) is 4. The number of carbonyl (C=O) groups is 1. The van der Waals surface area contributed by atoms with Gasteiger partial charge in [-0.05, 0) is 92.6 Å². The van der Waals surface area contributed by atoms with Gasteiger partial charge < -0.3 is 10.1 Å². The van der Waals surface area contributed by atoms with E-state index >= 15 is 0 Å². The van der Waals surface area contributed by atoms with Crippen LogP contribution in [0, 0.1) is 0 Å². The predicted molar refractivity (Wildman–Crippen MR) is 139 cm³/mol. The molecule has 0 heterocycles. The van der Waals surface area contributed by atoms with E-state index < -0.39 is 16.1 Å². The van der Waals surface area contributed by atoms with E-state index in [1.165, 1.54) is 24.0 Å². The Balaban J connectivity index is 1.48. The molecule has 1 amide bonds. The highest BCUT2D eigenvalue weighted by Gasteiger charge is 2.30. The number of carbonyl (C=O) groups excluding carboxylic acids is 1. The van der Waals surface area contributed by atoms with Gasteiger partial charge in [-0.15, -0.1) is 0 Å². The first-order chi connectivity index (χ1) is 16.7. The number of fused-ring (bicyclic) bond motifs is 1. The van der Waals surface area contributed by atoms with Gasteiger partial charge in [0.2, 0.25) is 15.9 Å². The SMILES string of the molecule is C[C@H](NC(=O)[C@H](C)N(c1ccc(Oc2ccccc2)cc1)S(C)(=O)=O)c1ccc2c(c1)CCCC2. The van der Waals surface area contributed by atoms with Crippen LogP contribution in [0.25, 0.3) is 0 Å². The topological polar surface area (TPSA) is 75.7 Å². The number of aryl methyl sites for hydroxylation is 2. The molecule has 0 spiro atoms. The average Bonchev–Trinajstić information content (AvgIpc) is 2.84. The fourth-order valence-electron chi connectivity index (χ4n) is 4.53. The fraction of sp³-hybridized carbons (Fsp3) is 0.321. The molecule has 2 atom stereocenters. The van der Waals surface area contributed by atoms with Crippen LogP contribution in [-0.2, 0) is 27.7 Å². The molecule has 3 aromatic rings. The highest BCUT2D eigenvalue weighted by molar-refractivity contribution is 7.92. The second-order valence-electron chi connectivity index (χ2n) is 9.11. The van der Waals surface area contributed by atoms with Crippen molar-refractivity contribution in [3.63, 3.8) is 0 Å². The Morgan fingerprint density at radius 3 is 2.17 bits per heavy atom. The van der Waals surface area contributed by atoms with Crippen molar-refractivity contribution in [3.05, 3.63) is 89.5 Å². The van der Waals surface area contributed by atoms with Crippen LogP contribution in [0.3, 0.4) is 0 Å². The van der Waals surface area contributed by atoms with Crippen molar-refractivity contribution < 1.29 is 17.9 Å². The highest BCUT2D eigenvalue weighted by atomic mass is 32.2. The van der Waals surface area contributed by atoms with E-state index in [1.54, 1.807) is 31.2 Å². The summed E-state index contributed by atoms with van der Waals surface area (Å²) in [5, 5.41) is 3.00. The summed E-state index contributed by atoms with van der Waals surface area (Å²) in [6.07, 6.45) is 5.68. The van der Waals surface area contributed by atoms with Crippen LogP contribution in [0.1, 0.15) is 49.4 Å². The molecule has 6 nitrogen and oxygen atoms in total. The van der Waals surface area contributed by atoms with Crippen LogP contribution in [0.15, 0.2) is 72.8 Å². The van der Waals surface area contributed by atoms with E-state index in [-0.39, 0.29) is 11.9 Å². The fourth-order valence-corrected chi connectivity index (χ4v) is 5.71. The third-order valence-corrected chi connectivity index (χ3v) is 7.63. The van der Waals surface area contributed by atoms with Crippen molar-refractivity contribution in [1.29, 1.82) is 0 Å². The van der Waals surface area contributed by atoms with Gasteiger partial charge >= 0.3 is 0 Å². The van der Waals surface area contributed by atoms with Crippen molar-refractivity contribution in [2.75, 3.05) is 10.6 Å². The Labute approximate surface area is 208 Å². The largest absolute Gasteiger partial charge is 0.457 e. The molecule has 0 saturated heterocycles. The molecule has 1 N–H and O–H groups in total. The van der Waals surface area contributed by atoms with Crippen LogP contribution < -0.4 is 14.4 Å². The highest BCUT2D eigenvalue weighted by Crippen LogP contribution is 2.28. The van der Waals surface area contributed by atoms with E-state index in [0.717, 1.165) is 29.0 Å². The molecule has 0 radical (unpaired) electrons. The maximum Gasteiger partial charge on any atom is 0.244 e. The number of anilines is 1. The molecule has 0 bridgehead atoms. The molecule has 1 aliphatic rings. The lowest BCUT2D eigenvalue weighted by Crippen LogP contribution is -2.48. The summed E-state index contributed by atoms with van der Waals surface area (Å²) in [5.74, 6) is 0.904. The maximum atomic E-state index is 13.1. The van der Waals surface area contributed by atoms with Crippen LogP contribution in [0.5, 0.6) is 11.5 Å². The number of para-hydroxylation sites is 1. The Morgan fingerprint density at radius 1 is 0.886 bits per heavy atom. The number of nitrogens with one attached hydrogen (secondary N) is 1. The third kappa shape index (κ3) is 6.03. The minimum atomic E-state index is -3.71. The molecule has 0 aromatic heterocycles. The summed E-state index contributed by atoms with van der Waals surface area (Å²) in [7, 11) is -3.71. The van der Waals surface area contributed by atoms with Gasteiger partial charge in [0.15, 0.2) is 0 Å². The van der Waals surface area contributed by atoms with Gasteiger partial charge in [0.05, 0.1) is 18.0 Å². The van der Waals surface area contributed by atoms with Crippen molar-refractivity contribution in [2.24, 2.45) is 0 Å². The van der Waals surface area contributed by atoms with Crippen LogP contribution in [0.2, 0.25) is 0 Å². The molecule has 0 saturated carbocycles. The number of nitrogens with zero attached hydrogens (tertiary/aromatic N) is 1. The standard InChI is InChI=1S/C28H32N2O4S/c1-20(23-14-13-22-9-7-8-10-24(22)19-23)29-28(31)21(2)30(35(3,32)33)25-15-17-27(18-16-25)34-26-11-5-4-6-12-26/h4-6,11-21H,7-10H2,1-3H3,(H,29,31)/t20-,21-/m0/s1. The minimum Gasteiger partial charge on any atom is -0.457 e. The quantitative estimate of drug-likeness (QED) is 0.457. The summed E-state index contributed by atoms with van der Waals surface area (Å²) >= 11 is 0. The Morgan fingerprint density at radius 2 is 1.51 bits per heavy atom. The number of benzene rings is 3. The first-order valence-corrected chi connectivity index (χ1v) is 13.8. The zero-order chi connectivity index (χ0) is 25.0. The van der Waals surface area contributed by atoms with Crippen molar-refractivity contribution in [2.45, 2.75) is 51.6 Å². The van der Waals surface area contributed by atoms with Gasteiger partial charge in [-0.3, -0.25) is 9.10 Å². The van der Waals surface area contributed by atoms with Crippen LogP contribution >= 0.6 is 0 Å². The molecule has 0 fully saturated rings. The van der Waals surface area contributed by atoms with Gasteiger partial charge in [-0.1, -0.05) is 36.4 Å². The van der Waals surface area contributed by atoms with Crippen molar-refractivity contribution in [1.82, 2.24) is 5.32 Å². The Bertz CT molecular complexity index is 1270. The zero-order valence-electron chi connectivity index (χ0n) is 20.4. The summed E-state index contributed by atoms with van der Waals surface area (Å²) in [6, 6.07) is 21.2. The van der Waals surface area contributed by atoms with Crippen LogP contribution in [0.4, 0.5) is 5.69 Å². The Hall–Kier alpha value is -3.32. The summed E-state index contributed by atoms with van der Waals surface area (Å²) in [5.41, 5.74) is 4.16. The number of rotatable bonds is 8. The second kappa shape index (κ2) is 10.5. The number of hydrogen-bond donors (Lipinski definition) is 1. The van der Waals surface area contributed by atoms with Crippen molar-refractivity contribution in [3.8, 4) is 11.5 Å². The normalized spacial score (nSPS) is 14.9. The third-order valence-electron chi connectivity index (χ3n) is 6.39. The van der Waals surface area contributed by atoms with E-state index in [4.69, 9.17) is 4.74 Å². The first-order valence-electron chi connectivity index (χ1n) is 12.0. The lowest BCUT2D eigenvalue weighted by atomic mass is 9.89. The zero-order valence-corrected chi connectivity index (χ0v) is 21.2. The van der Waals surface area contributed by atoms with E-state index in [9.17, 15) is 13.2 Å². The number of ether oxygens (including phenoxy) is 1. The second-order valence-corrected chi connectivity index (χ2v) is 11.0. The number of amides is 1. The summed E-state index contributed by atoms with van der Waals surface area (Å²) in [6.45, 7) is 3.53. The summed E-state index contributed by atoms with van der Waals surface area (Å²) < 4.78 is 32.3. The molecule has 0 aliphatic heterocycles. The summed E-state index contributed by atoms with van der Waals surface area (Å²) in [4.78, 5) is 13.1. The van der Waals surface area contributed by atoms with Gasteiger partial charge in [0.25, 0.3) is 0 Å². The predicted octanol–water partition coefficient (Wildman–Crippen LogP) is 5.39. The van der Waals surface area contributed by atoms with E-state index in [2.05, 4.69) is 23.5 Å². The molecule has 0 unspecified atom stereocenters. The lowest BCUT2D eigenvalue weighted by Gasteiger charge is -2.29. The first kappa shape index (κ1) is 24.8. The molecule has 3 aromatic carbocycles. The van der Waals surface area contributed by atoms with Crippen molar-refractivity contribution >= 4 is 21.6 Å². The average molecular weight is 493 g/mol. The van der Waals surface area contributed by atoms with Gasteiger partial charge in [-0.2, -0.15) is 0 Å². The maximum absolute atomic E-state index is 13.1. The smallest absolute Gasteiger partial charge is 0.244 e. The van der Waals surface area contributed by atoms with Gasteiger partial charge in [0.1, 0.15) is 17.5 Å². The molecular weight excluding hydrogens is 460 g/mol. The molecule has 4 rings (SSSR count). The molecule has 1 aliphatic carbocycles. The molecule has 7 heteroatoms. The number of sulfonamides is 1. The lowest BCUT2D eigenvalue weighted by molar-refractivity contribution is -0.122. The molecule has 35 heavy (non-hydrogen) atoms. The monoisotopic (exact) mass is 492 g/mol. The Kier molecular flexibility index (Phi) is 7.45. The van der Waals surface area contributed by atoms with Gasteiger partial charge in [-0.25, -0.2) is 8.42 Å². The molecule has 184 valence electrons. The van der Waals surface area contributed by atoms with E-state index in [1.807, 2.05) is 37.3 Å². The van der Waals surface area contributed by atoms with Gasteiger partial charge in [0, 0.05) is 0 Å².